The third kappa shape index (κ3) is 1.03. The summed E-state index contributed by atoms with van der Waals surface area (Å²) >= 11 is 0. The van der Waals surface area contributed by atoms with Crippen LogP contribution in [0.1, 0.15) is 0 Å². The van der Waals surface area contributed by atoms with Gasteiger partial charge >= 0.3 is 0 Å². The van der Waals surface area contributed by atoms with Crippen LogP contribution in [0.3, 0.4) is 0 Å². The Morgan fingerprint density at radius 1 is 1.70 bits per heavy atom. The summed E-state index contributed by atoms with van der Waals surface area (Å²) in [6.07, 6.45) is 1.13. The van der Waals surface area contributed by atoms with E-state index in [4.69, 9.17) is 10.8 Å². The predicted octanol–water partition coefficient (Wildman–Crippen LogP) is -1.44. The largest absolute Gasteiger partial charge is 0.390 e. The third-order valence-corrected chi connectivity index (χ3v) is 2.19. The van der Waals surface area contributed by atoms with E-state index in [1.807, 2.05) is 0 Å². The molecule has 3 N–H and O–H groups in total. The van der Waals surface area contributed by atoms with Crippen LogP contribution in [0.25, 0.3) is 0 Å². The molecule has 56 valence electrons. The summed E-state index contributed by atoms with van der Waals surface area (Å²) in [5.74, 6) is 0. The Hall–Kier alpha value is -0.880. The highest BCUT2D eigenvalue weighted by Gasteiger charge is 2.20. The van der Waals surface area contributed by atoms with Crippen LogP contribution in [0.5, 0.6) is 0 Å². The number of rotatable bonds is 1. The van der Waals surface area contributed by atoms with Crippen LogP contribution < -0.4 is 5.73 Å². The normalized spacial score (nSPS) is 22.1. The molecule has 0 unspecified atom stereocenters. The van der Waals surface area contributed by atoms with Gasteiger partial charge in [0.25, 0.3) is 10.0 Å². The number of hydrogen-bond donors (Lipinski definition) is 2. The molecule has 0 aliphatic carbocycles. The first-order valence-electron chi connectivity index (χ1n) is 2.48. The summed E-state index contributed by atoms with van der Waals surface area (Å²) < 4.78 is 24.4. The van der Waals surface area contributed by atoms with E-state index in [1.54, 1.807) is 0 Å². The molecule has 0 bridgehead atoms. The Labute approximate surface area is 57.9 Å². The first-order valence-corrected chi connectivity index (χ1v) is 3.92. The van der Waals surface area contributed by atoms with Gasteiger partial charge in [0.05, 0.1) is 12.3 Å². The number of hydrogen-bond acceptors (Lipinski definition) is 4. The molecule has 1 rings (SSSR count). The minimum Gasteiger partial charge on any atom is -0.390 e. The van der Waals surface area contributed by atoms with E-state index in [-0.39, 0.29) is 10.7 Å². The number of nitrogens with two attached hydrogens (primary N) is 1. The quantitative estimate of drug-likeness (QED) is 0.494. The van der Waals surface area contributed by atoms with Crippen molar-refractivity contribution in [3.05, 3.63) is 11.1 Å². The number of aliphatic hydroxyl groups excluding tert-OH is 1. The van der Waals surface area contributed by atoms with Crippen LogP contribution in [-0.4, -0.2) is 25.8 Å². The van der Waals surface area contributed by atoms with Crippen LogP contribution in [-0.2, 0) is 10.0 Å². The molecule has 0 amide bonds. The van der Waals surface area contributed by atoms with Crippen LogP contribution >= 0.6 is 0 Å². The Morgan fingerprint density at radius 2 is 2.30 bits per heavy atom. The first kappa shape index (κ1) is 7.23. The highest BCUT2D eigenvalue weighted by atomic mass is 32.2. The predicted molar refractivity (Wildman–Crippen MR) is 35.7 cm³/mol. The Balaban J connectivity index is 3.12. The molecule has 0 saturated carbocycles. The van der Waals surface area contributed by atoms with Crippen molar-refractivity contribution < 1.29 is 13.5 Å². The molecule has 0 saturated heterocycles. The Bertz CT molecular complexity index is 300. The fourth-order valence-electron chi connectivity index (χ4n) is 0.547. The maximum atomic E-state index is 10.6. The van der Waals surface area contributed by atoms with Crippen molar-refractivity contribution in [3.63, 3.8) is 0 Å². The van der Waals surface area contributed by atoms with Crippen molar-refractivity contribution in [1.82, 2.24) is 0 Å². The van der Waals surface area contributed by atoms with Crippen LogP contribution in [0.2, 0.25) is 0 Å². The molecular formula is C4H6N2O3S. The smallest absolute Gasteiger partial charge is 0.297 e. The van der Waals surface area contributed by atoms with Crippen molar-refractivity contribution in [3.8, 4) is 0 Å². The van der Waals surface area contributed by atoms with Crippen molar-refractivity contribution >= 4 is 15.7 Å². The number of aliphatic hydroxyl groups is 1. The summed E-state index contributed by atoms with van der Waals surface area (Å²) in [7, 11) is -3.62. The molecule has 0 fully saturated rings. The zero-order chi connectivity index (χ0) is 7.78. The summed E-state index contributed by atoms with van der Waals surface area (Å²) in [5.41, 5.74) is 5.11. The Morgan fingerprint density at radius 3 is 2.50 bits per heavy atom. The first-order chi connectivity index (χ1) is 4.56. The standard InChI is InChI=1S/C4H6N2O3S/c5-4-1-3(2-7)6-10(4,8)9/h1,7H,2,5H2. The van der Waals surface area contributed by atoms with E-state index in [0.717, 1.165) is 6.08 Å². The zero-order valence-corrected chi connectivity index (χ0v) is 5.80. The monoisotopic (exact) mass is 162 g/mol. The van der Waals surface area contributed by atoms with Crippen molar-refractivity contribution in [2.75, 3.05) is 6.61 Å². The van der Waals surface area contributed by atoms with E-state index in [0.29, 0.717) is 0 Å². The molecule has 0 aromatic rings. The van der Waals surface area contributed by atoms with E-state index >= 15 is 0 Å². The lowest BCUT2D eigenvalue weighted by atomic mass is 10.4. The van der Waals surface area contributed by atoms with E-state index in [9.17, 15) is 8.42 Å². The van der Waals surface area contributed by atoms with Gasteiger partial charge in [-0.1, -0.05) is 0 Å². The van der Waals surface area contributed by atoms with Gasteiger partial charge in [-0.25, -0.2) is 0 Å². The highest BCUT2D eigenvalue weighted by molar-refractivity contribution is 7.94. The maximum Gasteiger partial charge on any atom is 0.297 e. The lowest BCUT2D eigenvalue weighted by Gasteiger charge is -1.86. The summed E-state index contributed by atoms with van der Waals surface area (Å²) in [6, 6.07) is 0. The summed E-state index contributed by atoms with van der Waals surface area (Å²) in [5, 5.41) is 8.11. The van der Waals surface area contributed by atoms with E-state index < -0.39 is 16.6 Å². The molecule has 1 heterocycles. The van der Waals surface area contributed by atoms with Crippen LogP contribution in [0.4, 0.5) is 0 Å². The summed E-state index contributed by atoms with van der Waals surface area (Å²) in [6.45, 7) is -0.403. The van der Waals surface area contributed by atoms with Gasteiger partial charge in [-0.15, -0.1) is 0 Å². The third-order valence-electron chi connectivity index (χ3n) is 1.01. The number of sulfonamides is 1. The fraction of sp³-hybridized carbons (Fsp3) is 0.250. The fourth-order valence-corrected chi connectivity index (χ4v) is 1.36. The van der Waals surface area contributed by atoms with Gasteiger partial charge in [0.2, 0.25) is 0 Å². The lowest BCUT2D eigenvalue weighted by Crippen LogP contribution is -2.04. The van der Waals surface area contributed by atoms with Gasteiger partial charge in [-0.2, -0.15) is 12.8 Å². The average molecular weight is 162 g/mol. The molecule has 0 atom stereocenters. The summed E-state index contributed by atoms with van der Waals surface area (Å²) in [4.78, 5) is 0. The van der Waals surface area contributed by atoms with Gasteiger partial charge < -0.3 is 10.8 Å². The lowest BCUT2D eigenvalue weighted by molar-refractivity contribution is 0.358. The second-order valence-corrected chi connectivity index (χ2v) is 3.37. The molecule has 1 aliphatic heterocycles. The molecule has 5 nitrogen and oxygen atoms in total. The molecule has 0 aromatic carbocycles. The van der Waals surface area contributed by atoms with Crippen molar-refractivity contribution in [2.24, 2.45) is 10.1 Å². The second-order valence-electron chi connectivity index (χ2n) is 1.76. The molecule has 0 radical (unpaired) electrons. The Kier molecular flexibility index (Phi) is 1.49. The van der Waals surface area contributed by atoms with Gasteiger partial charge in [-0.3, -0.25) is 0 Å². The molecule has 0 spiro atoms. The SMILES string of the molecule is NC1=CC(CO)=NS1(=O)=O. The van der Waals surface area contributed by atoms with Crippen molar-refractivity contribution in [2.45, 2.75) is 0 Å². The molecule has 1 aliphatic rings. The minimum atomic E-state index is -3.62. The average Bonchev–Trinajstić information content (AvgIpc) is 2.08. The highest BCUT2D eigenvalue weighted by Crippen LogP contribution is 2.10. The van der Waals surface area contributed by atoms with Crippen molar-refractivity contribution in [1.29, 1.82) is 0 Å². The van der Waals surface area contributed by atoms with Gasteiger partial charge in [0, 0.05) is 0 Å². The van der Waals surface area contributed by atoms with E-state index in [1.165, 1.54) is 0 Å². The second kappa shape index (κ2) is 2.06. The van der Waals surface area contributed by atoms with Gasteiger partial charge in [0.15, 0.2) is 5.03 Å². The van der Waals surface area contributed by atoms with Crippen LogP contribution in [0.15, 0.2) is 15.5 Å². The molecular weight excluding hydrogens is 156 g/mol. The van der Waals surface area contributed by atoms with Crippen LogP contribution in [0, 0.1) is 0 Å². The van der Waals surface area contributed by atoms with Gasteiger partial charge in [0.1, 0.15) is 0 Å². The topological polar surface area (TPSA) is 92.8 Å². The minimum absolute atomic E-state index is 0.0810. The van der Waals surface area contributed by atoms with Gasteiger partial charge in [-0.05, 0) is 6.08 Å². The zero-order valence-electron chi connectivity index (χ0n) is 4.98. The molecule has 6 heteroatoms. The number of nitrogens with zero attached hydrogens (tertiary/aromatic N) is 1. The molecule has 0 aromatic heterocycles. The van der Waals surface area contributed by atoms with E-state index in [2.05, 4.69) is 4.40 Å². The molecule has 10 heavy (non-hydrogen) atoms. The maximum absolute atomic E-state index is 10.6.